The van der Waals surface area contributed by atoms with Crippen LogP contribution in [0.1, 0.15) is 18.9 Å². The number of hydrogen-bond acceptors (Lipinski definition) is 3. The molecule has 0 fully saturated rings. The van der Waals surface area contributed by atoms with Crippen LogP contribution < -0.4 is 0 Å². The monoisotopic (exact) mass is 330 g/mol. The Hall–Kier alpha value is -0.860. The van der Waals surface area contributed by atoms with Crippen LogP contribution in [0.25, 0.3) is 0 Å². The van der Waals surface area contributed by atoms with Gasteiger partial charge in [0.2, 0.25) is 10.0 Å². The molecule has 0 atom stereocenters. The SMILES string of the molecule is CCCN(CCCl)S(=O)(=O)c1cnccc1C(F)(F)F. The first-order valence-electron chi connectivity index (χ1n) is 5.82. The van der Waals surface area contributed by atoms with Gasteiger partial charge >= 0.3 is 6.18 Å². The first-order chi connectivity index (χ1) is 9.25. The van der Waals surface area contributed by atoms with Crippen molar-refractivity contribution in [2.45, 2.75) is 24.4 Å². The van der Waals surface area contributed by atoms with Gasteiger partial charge in [0.05, 0.1) is 5.56 Å². The summed E-state index contributed by atoms with van der Waals surface area (Å²) in [5, 5.41) is 0. The molecule has 0 N–H and O–H groups in total. The fourth-order valence-electron chi connectivity index (χ4n) is 1.65. The summed E-state index contributed by atoms with van der Waals surface area (Å²) in [5.74, 6) is 0.000837. The second-order valence-corrected chi connectivity index (χ2v) is 6.25. The zero-order valence-corrected chi connectivity index (χ0v) is 12.3. The molecule has 0 spiro atoms. The number of aromatic nitrogens is 1. The topological polar surface area (TPSA) is 50.3 Å². The summed E-state index contributed by atoms with van der Waals surface area (Å²) in [5.41, 5.74) is -1.22. The molecule has 1 aromatic heterocycles. The summed E-state index contributed by atoms with van der Waals surface area (Å²) in [7, 11) is -4.27. The molecule has 0 aromatic carbocycles. The Balaban J connectivity index is 3.34. The minimum Gasteiger partial charge on any atom is -0.263 e. The van der Waals surface area contributed by atoms with E-state index >= 15 is 0 Å². The second-order valence-electron chi connectivity index (χ2n) is 3.96. The van der Waals surface area contributed by atoms with Crippen LogP contribution in [-0.2, 0) is 16.2 Å². The minimum atomic E-state index is -4.76. The highest BCUT2D eigenvalue weighted by atomic mass is 35.5. The third-order valence-electron chi connectivity index (χ3n) is 2.51. The van der Waals surface area contributed by atoms with Crippen molar-refractivity contribution in [3.8, 4) is 0 Å². The van der Waals surface area contributed by atoms with Gasteiger partial charge in [0.25, 0.3) is 0 Å². The highest BCUT2D eigenvalue weighted by Gasteiger charge is 2.38. The first-order valence-corrected chi connectivity index (χ1v) is 7.80. The second kappa shape index (κ2) is 6.73. The van der Waals surface area contributed by atoms with Crippen molar-refractivity contribution in [3.63, 3.8) is 0 Å². The molecule has 1 rings (SSSR count). The van der Waals surface area contributed by atoms with E-state index in [9.17, 15) is 21.6 Å². The summed E-state index contributed by atoms with van der Waals surface area (Å²) in [4.78, 5) is 2.65. The lowest BCUT2D eigenvalue weighted by Gasteiger charge is -2.22. The van der Waals surface area contributed by atoms with E-state index in [2.05, 4.69) is 4.98 Å². The van der Waals surface area contributed by atoms with Crippen molar-refractivity contribution in [2.75, 3.05) is 19.0 Å². The Morgan fingerprint density at radius 3 is 2.50 bits per heavy atom. The predicted molar refractivity (Wildman–Crippen MR) is 69.0 cm³/mol. The summed E-state index contributed by atoms with van der Waals surface area (Å²) in [6.45, 7) is 1.77. The van der Waals surface area contributed by atoms with Crippen LogP contribution in [0.3, 0.4) is 0 Å². The van der Waals surface area contributed by atoms with E-state index < -0.39 is 26.7 Å². The average molecular weight is 331 g/mol. The molecule has 1 heterocycles. The Labute approximate surface area is 120 Å². The minimum absolute atomic E-state index is 0.000837. The molecular formula is C11H14ClF3N2O2S. The highest BCUT2D eigenvalue weighted by Crippen LogP contribution is 2.34. The lowest BCUT2D eigenvalue weighted by atomic mass is 10.3. The summed E-state index contributed by atoms with van der Waals surface area (Å²) in [6.07, 6.45) is -2.66. The van der Waals surface area contributed by atoms with Gasteiger partial charge in [-0.25, -0.2) is 8.42 Å². The van der Waals surface area contributed by atoms with E-state index in [-0.39, 0.29) is 19.0 Å². The molecule has 0 aliphatic rings. The molecule has 0 saturated carbocycles. The molecule has 0 amide bonds. The maximum Gasteiger partial charge on any atom is 0.417 e. The van der Waals surface area contributed by atoms with Gasteiger partial charge in [0.1, 0.15) is 4.90 Å². The van der Waals surface area contributed by atoms with Crippen molar-refractivity contribution in [3.05, 3.63) is 24.0 Å². The highest BCUT2D eigenvalue weighted by molar-refractivity contribution is 7.89. The van der Waals surface area contributed by atoms with Gasteiger partial charge in [-0.1, -0.05) is 6.92 Å². The zero-order chi connectivity index (χ0) is 15.4. The van der Waals surface area contributed by atoms with Gasteiger partial charge in [0.15, 0.2) is 0 Å². The fourth-order valence-corrected chi connectivity index (χ4v) is 3.65. The molecule has 1 aromatic rings. The maximum absolute atomic E-state index is 12.9. The summed E-state index contributed by atoms with van der Waals surface area (Å²) < 4.78 is 64.2. The van der Waals surface area contributed by atoms with E-state index in [1.165, 1.54) is 0 Å². The molecule has 0 aliphatic carbocycles. The number of nitrogens with zero attached hydrogens (tertiary/aromatic N) is 2. The number of alkyl halides is 4. The average Bonchev–Trinajstić information content (AvgIpc) is 2.37. The van der Waals surface area contributed by atoms with Crippen LogP contribution >= 0.6 is 11.6 Å². The van der Waals surface area contributed by atoms with Crippen LogP contribution in [0.5, 0.6) is 0 Å². The van der Waals surface area contributed by atoms with E-state index in [0.717, 1.165) is 16.7 Å². The third-order valence-corrected chi connectivity index (χ3v) is 4.61. The molecule has 114 valence electrons. The number of halogens is 4. The summed E-state index contributed by atoms with van der Waals surface area (Å²) in [6, 6.07) is 0.651. The molecule has 0 radical (unpaired) electrons. The zero-order valence-electron chi connectivity index (χ0n) is 10.7. The molecule has 0 aliphatic heterocycles. The Kier molecular flexibility index (Phi) is 5.79. The van der Waals surface area contributed by atoms with Crippen molar-refractivity contribution in [2.24, 2.45) is 0 Å². The van der Waals surface area contributed by atoms with Gasteiger partial charge in [-0.3, -0.25) is 4.98 Å². The smallest absolute Gasteiger partial charge is 0.263 e. The van der Waals surface area contributed by atoms with Gasteiger partial charge < -0.3 is 0 Å². The number of rotatable bonds is 6. The van der Waals surface area contributed by atoms with E-state index in [0.29, 0.717) is 12.5 Å². The van der Waals surface area contributed by atoms with E-state index in [4.69, 9.17) is 11.6 Å². The number of hydrogen-bond donors (Lipinski definition) is 0. The van der Waals surface area contributed by atoms with E-state index in [1.807, 2.05) is 0 Å². The Morgan fingerprint density at radius 1 is 1.35 bits per heavy atom. The standard InChI is InChI=1S/C11H14ClF3N2O2S/c1-2-6-17(7-4-12)20(18,19)10-8-16-5-3-9(10)11(13,14)15/h3,5,8H,2,4,6-7H2,1H3. The summed E-state index contributed by atoms with van der Waals surface area (Å²) >= 11 is 5.51. The number of pyridine rings is 1. The van der Waals surface area contributed by atoms with Crippen LogP contribution in [-0.4, -0.2) is 36.7 Å². The number of sulfonamides is 1. The van der Waals surface area contributed by atoms with Gasteiger partial charge in [0, 0.05) is 31.4 Å². The van der Waals surface area contributed by atoms with Crippen molar-refractivity contribution in [1.29, 1.82) is 0 Å². The van der Waals surface area contributed by atoms with Crippen molar-refractivity contribution in [1.82, 2.24) is 9.29 Å². The fraction of sp³-hybridized carbons (Fsp3) is 0.545. The van der Waals surface area contributed by atoms with Crippen LogP contribution in [0, 0.1) is 0 Å². The Morgan fingerprint density at radius 2 is 2.00 bits per heavy atom. The molecule has 4 nitrogen and oxygen atoms in total. The van der Waals surface area contributed by atoms with Gasteiger partial charge in [-0.15, -0.1) is 11.6 Å². The molecule has 0 saturated heterocycles. The van der Waals surface area contributed by atoms with Gasteiger partial charge in [-0.2, -0.15) is 17.5 Å². The molecule has 0 unspecified atom stereocenters. The molecule has 20 heavy (non-hydrogen) atoms. The first kappa shape index (κ1) is 17.2. The lowest BCUT2D eigenvalue weighted by Crippen LogP contribution is -2.34. The van der Waals surface area contributed by atoms with Crippen LogP contribution in [0.4, 0.5) is 13.2 Å². The van der Waals surface area contributed by atoms with Crippen LogP contribution in [0.2, 0.25) is 0 Å². The van der Waals surface area contributed by atoms with Crippen molar-refractivity contribution < 1.29 is 21.6 Å². The van der Waals surface area contributed by atoms with Crippen molar-refractivity contribution >= 4 is 21.6 Å². The van der Waals surface area contributed by atoms with Gasteiger partial charge in [-0.05, 0) is 12.5 Å². The quantitative estimate of drug-likeness (QED) is 0.754. The third kappa shape index (κ3) is 3.83. The maximum atomic E-state index is 12.9. The predicted octanol–water partition coefficient (Wildman–Crippen LogP) is 2.74. The van der Waals surface area contributed by atoms with Crippen LogP contribution in [0.15, 0.2) is 23.4 Å². The lowest BCUT2D eigenvalue weighted by molar-refractivity contribution is -0.140. The van der Waals surface area contributed by atoms with E-state index in [1.54, 1.807) is 6.92 Å². The largest absolute Gasteiger partial charge is 0.417 e. The Bertz CT molecular complexity index is 543. The molecular weight excluding hydrogens is 317 g/mol. The normalized spacial score (nSPS) is 12.9. The molecule has 9 heteroatoms. The molecule has 0 bridgehead atoms.